The molecule has 0 aromatic heterocycles. The number of nitrogens with two attached hydrogens (primary N) is 1. The average Bonchev–Trinajstić information content (AvgIpc) is 2.47. The molecular weight excluding hydrogens is 256 g/mol. The van der Waals surface area contributed by atoms with Crippen molar-refractivity contribution in [2.45, 2.75) is 39.8 Å². The second-order valence-electron chi connectivity index (χ2n) is 6.24. The Balaban J connectivity index is 1.87. The van der Waals surface area contributed by atoms with E-state index in [2.05, 4.69) is 56.0 Å². The third-order valence-electron chi connectivity index (χ3n) is 4.76. The minimum absolute atomic E-state index is 0.429. The minimum atomic E-state index is 0.429. The van der Waals surface area contributed by atoms with Crippen LogP contribution in [0.5, 0.6) is 0 Å². The van der Waals surface area contributed by atoms with Gasteiger partial charge in [-0.25, -0.2) is 0 Å². The highest BCUT2D eigenvalue weighted by atomic mass is 15.2. The van der Waals surface area contributed by atoms with Gasteiger partial charge in [0.2, 0.25) is 0 Å². The molecule has 2 heteroatoms. The molecule has 2 aromatic carbocycles. The van der Waals surface area contributed by atoms with Crippen LogP contribution in [0.25, 0.3) is 0 Å². The normalized spacial score (nSPS) is 16.5. The van der Waals surface area contributed by atoms with Crippen LogP contribution in [0.2, 0.25) is 0 Å². The van der Waals surface area contributed by atoms with Crippen LogP contribution in [-0.2, 0) is 13.0 Å². The van der Waals surface area contributed by atoms with Crippen LogP contribution in [0.15, 0.2) is 36.4 Å². The summed E-state index contributed by atoms with van der Waals surface area (Å²) in [6.07, 6.45) is 1.09. The molecule has 3 rings (SSSR count). The van der Waals surface area contributed by atoms with Gasteiger partial charge in [0.05, 0.1) is 0 Å². The second kappa shape index (κ2) is 5.53. The van der Waals surface area contributed by atoms with Crippen LogP contribution in [0, 0.1) is 13.8 Å². The number of aryl methyl sites for hydroxylation is 2. The van der Waals surface area contributed by atoms with Crippen LogP contribution in [0.1, 0.15) is 40.8 Å². The lowest BCUT2D eigenvalue weighted by molar-refractivity contribution is 0.192. The molecule has 0 bridgehead atoms. The van der Waals surface area contributed by atoms with E-state index in [1.807, 2.05) is 6.07 Å². The van der Waals surface area contributed by atoms with Crippen molar-refractivity contribution in [2.24, 2.45) is 0 Å². The molecule has 21 heavy (non-hydrogen) atoms. The van der Waals surface area contributed by atoms with Gasteiger partial charge in [-0.2, -0.15) is 0 Å². The zero-order valence-corrected chi connectivity index (χ0v) is 13.2. The first-order chi connectivity index (χ1) is 10.1. The van der Waals surface area contributed by atoms with Crippen LogP contribution >= 0.6 is 0 Å². The molecule has 0 radical (unpaired) electrons. The predicted octanol–water partition coefficient (Wildman–Crippen LogP) is 4.00. The highest BCUT2D eigenvalue weighted by Crippen LogP contribution is 2.31. The number of benzene rings is 2. The van der Waals surface area contributed by atoms with Crippen molar-refractivity contribution in [2.75, 3.05) is 12.3 Å². The number of hydrogen-bond donors (Lipinski definition) is 1. The van der Waals surface area contributed by atoms with E-state index < -0.39 is 0 Å². The predicted molar refractivity (Wildman–Crippen MR) is 89.3 cm³/mol. The van der Waals surface area contributed by atoms with Crippen molar-refractivity contribution in [1.29, 1.82) is 0 Å². The van der Waals surface area contributed by atoms with Crippen molar-refractivity contribution in [1.82, 2.24) is 4.90 Å². The highest BCUT2D eigenvalue weighted by molar-refractivity contribution is 5.52. The van der Waals surface area contributed by atoms with Gasteiger partial charge in [-0.15, -0.1) is 0 Å². The van der Waals surface area contributed by atoms with Gasteiger partial charge in [0.25, 0.3) is 0 Å². The van der Waals surface area contributed by atoms with E-state index in [0.717, 1.165) is 25.2 Å². The standard InChI is InChI=1S/C19H24N2/c1-13-7-8-17(14(2)11-13)15(3)21-10-9-16-5-4-6-19(20)18(16)12-21/h4-8,11,15H,9-10,12,20H2,1-3H3. The van der Waals surface area contributed by atoms with E-state index in [1.165, 1.54) is 27.8 Å². The van der Waals surface area contributed by atoms with E-state index in [0.29, 0.717) is 6.04 Å². The Morgan fingerprint density at radius 1 is 1.14 bits per heavy atom. The summed E-state index contributed by atoms with van der Waals surface area (Å²) in [6.45, 7) is 8.73. The molecule has 1 atom stereocenters. The molecule has 1 aliphatic rings. The smallest absolute Gasteiger partial charge is 0.0362 e. The molecule has 0 saturated heterocycles. The summed E-state index contributed by atoms with van der Waals surface area (Å²) in [5, 5.41) is 0. The van der Waals surface area contributed by atoms with E-state index in [4.69, 9.17) is 5.73 Å². The third-order valence-corrected chi connectivity index (χ3v) is 4.76. The summed E-state index contributed by atoms with van der Waals surface area (Å²) in [4.78, 5) is 2.54. The number of hydrogen-bond acceptors (Lipinski definition) is 2. The molecule has 2 aromatic rings. The van der Waals surface area contributed by atoms with Gasteiger partial charge < -0.3 is 5.73 Å². The van der Waals surface area contributed by atoms with Crippen molar-refractivity contribution in [3.63, 3.8) is 0 Å². The lowest BCUT2D eigenvalue weighted by atomic mass is 9.94. The van der Waals surface area contributed by atoms with E-state index in [1.54, 1.807) is 0 Å². The first kappa shape index (κ1) is 14.2. The molecule has 0 aliphatic carbocycles. The second-order valence-corrected chi connectivity index (χ2v) is 6.24. The third kappa shape index (κ3) is 2.68. The Labute approximate surface area is 127 Å². The monoisotopic (exact) mass is 280 g/mol. The minimum Gasteiger partial charge on any atom is -0.398 e. The maximum absolute atomic E-state index is 6.17. The van der Waals surface area contributed by atoms with Crippen molar-refractivity contribution >= 4 is 5.69 Å². The summed E-state index contributed by atoms with van der Waals surface area (Å²) >= 11 is 0. The number of fused-ring (bicyclic) bond motifs is 1. The first-order valence-electron chi connectivity index (χ1n) is 7.73. The molecule has 1 unspecified atom stereocenters. The zero-order valence-electron chi connectivity index (χ0n) is 13.2. The molecule has 2 N–H and O–H groups in total. The van der Waals surface area contributed by atoms with Gasteiger partial charge in [0.1, 0.15) is 0 Å². The van der Waals surface area contributed by atoms with Gasteiger partial charge in [0, 0.05) is 24.8 Å². The molecular formula is C19H24N2. The molecule has 1 aliphatic heterocycles. The van der Waals surface area contributed by atoms with E-state index in [9.17, 15) is 0 Å². The summed E-state index contributed by atoms with van der Waals surface area (Å²) < 4.78 is 0. The largest absolute Gasteiger partial charge is 0.398 e. The fourth-order valence-corrected chi connectivity index (χ4v) is 3.45. The zero-order chi connectivity index (χ0) is 15.0. The molecule has 0 fully saturated rings. The van der Waals surface area contributed by atoms with E-state index >= 15 is 0 Å². The fourth-order valence-electron chi connectivity index (χ4n) is 3.45. The fraction of sp³-hybridized carbons (Fsp3) is 0.368. The Morgan fingerprint density at radius 3 is 2.71 bits per heavy atom. The lowest BCUT2D eigenvalue weighted by Gasteiger charge is -2.35. The van der Waals surface area contributed by atoms with Crippen LogP contribution in [0.3, 0.4) is 0 Å². The van der Waals surface area contributed by atoms with Crippen molar-refractivity contribution < 1.29 is 0 Å². The Morgan fingerprint density at radius 2 is 1.95 bits per heavy atom. The van der Waals surface area contributed by atoms with Crippen LogP contribution < -0.4 is 5.73 Å². The maximum Gasteiger partial charge on any atom is 0.0362 e. The summed E-state index contributed by atoms with van der Waals surface area (Å²) in [5.74, 6) is 0. The topological polar surface area (TPSA) is 29.3 Å². The van der Waals surface area contributed by atoms with Gasteiger partial charge in [-0.1, -0.05) is 35.9 Å². The quantitative estimate of drug-likeness (QED) is 0.842. The van der Waals surface area contributed by atoms with Crippen LogP contribution in [-0.4, -0.2) is 11.4 Å². The summed E-state index contributed by atoms with van der Waals surface area (Å²) in [6, 6.07) is 13.5. The van der Waals surface area contributed by atoms with Crippen molar-refractivity contribution in [3.8, 4) is 0 Å². The molecule has 0 spiro atoms. The van der Waals surface area contributed by atoms with Gasteiger partial charge in [-0.3, -0.25) is 4.90 Å². The number of anilines is 1. The van der Waals surface area contributed by atoms with Gasteiger partial charge in [-0.05, 0) is 55.5 Å². The highest BCUT2D eigenvalue weighted by Gasteiger charge is 2.23. The molecule has 1 heterocycles. The summed E-state index contributed by atoms with van der Waals surface area (Å²) in [7, 11) is 0. The Hall–Kier alpha value is -1.80. The van der Waals surface area contributed by atoms with E-state index in [-0.39, 0.29) is 0 Å². The molecule has 110 valence electrons. The van der Waals surface area contributed by atoms with Crippen molar-refractivity contribution in [3.05, 3.63) is 64.2 Å². The maximum atomic E-state index is 6.17. The van der Waals surface area contributed by atoms with Gasteiger partial charge in [0.15, 0.2) is 0 Å². The Bertz CT molecular complexity index is 661. The number of rotatable bonds is 2. The number of nitrogens with zero attached hydrogens (tertiary/aromatic N) is 1. The Kier molecular flexibility index (Phi) is 3.73. The molecule has 0 amide bonds. The van der Waals surface area contributed by atoms with Crippen LogP contribution in [0.4, 0.5) is 5.69 Å². The lowest BCUT2D eigenvalue weighted by Crippen LogP contribution is -2.33. The SMILES string of the molecule is Cc1ccc(C(C)N2CCc3cccc(N)c3C2)c(C)c1. The van der Waals surface area contributed by atoms with Gasteiger partial charge >= 0.3 is 0 Å². The number of nitrogen functional groups attached to an aromatic ring is 1. The first-order valence-corrected chi connectivity index (χ1v) is 7.73. The summed E-state index contributed by atoms with van der Waals surface area (Å²) in [5.41, 5.74) is 14.0. The average molecular weight is 280 g/mol. The molecule has 2 nitrogen and oxygen atoms in total. The molecule has 0 saturated carbocycles.